The standard InChI is InChI=1S/C13H17ClFNO3S/c1-9-2-3-10(8-17)7-16(9)20(18,19)13-5-4-11(14)6-12(13)15/h4-6,9-10,17H,2-3,7-8H2,1H3. The Morgan fingerprint density at radius 1 is 1.45 bits per heavy atom. The summed E-state index contributed by atoms with van der Waals surface area (Å²) in [7, 11) is -3.91. The van der Waals surface area contributed by atoms with E-state index in [4.69, 9.17) is 11.6 Å². The van der Waals surface area contributed by atoms with Crippen molar-refractivity contribution in [3.63, 3.8) is 0 Å². The van der Waals surface area contributed by atoms with Crippen molar-refractivity contribution in [2.75, 3.05) is 13.2 Å². The molecule has 1 fully saturated rings. The lowest BCUT2D eigenvalue weighted by molar-refractivity contribution is 0.139. The Bertz CT molecular complexity index is 593. The van der Waals surface area contributed by atoms with Crippen molar-refractivity contribution in [1.82, 2.24) is 4.31 Å². The maximum Gasteiger partial charge on any atom is 0.246 e. The van der Waals surface area contributed by atoms with Crippen molar-refractivity contribution in [1.29, 1.82) is 0 Å². The Labute approximate surface area is 123 Å². The van der Waals surface area contributed by atoms with Gasteiger partial charge in [0.15, 0.2) is 0 Å². The molecule has 1 heterocycles. The molecular formula is C13H17ClFNO3S. The average molecular weight is 322 g/mol. The largest absolute Gasteiger partial charge is 0.396 e. The van der Waals surface area contributed by atoms with Gasteiger partial charge in [-0.15, -0.1) is 0 Å². The van der Waals surface area contributed by atoms with Crippen molar-refractivity contribution in [2.45, 2.75) is 30.7 Å². The third-order valence-corrected chi connectivity index (χ3v) is 5.91. The first kappa shape index (κ1) is 15.7. The Morgan fingerprint density at radius 2 is 2.15 bits per heavy atom. The summed E-state index contributed by atoms with van der Waals surface area (Å²) < 4.78 is 40.2. The quantitative estimate of drug-likeness (QED) is 0.929. The number of aliphatic hydroxyl groups excluding tert-OH is 1. The van der Waals surface area contributed by atoms with E-state index in [0.717, 1.165) is 12.5 Å². The second-order valence-electron chi connectivity index (χ2n) is 5.12. The van der Waals surface area contributed by atoms with Crippen LogP contribution in [0.1, 0.15) is 19.8 Å². The zero-order valence-electron chi connectivity index (χ0n) is 11.1. The first-order valence-electron chi connectivity index (χ1n) is 6.44. The first-order chi connectivity index (χ1) is 9.36. The zero-order chi connectivity index (χ0) is 14.9. The second-order valence-corrected chi connectivity index (χ2v) is 7.42. The van der Waals surface area contributed by atoms with Crippen LogP contribution < -0.4 is 0 Å². The van der Waals surface area contributed by atoms with Crippen molar-refractivity contribution in [2.24, 2.45) is 5.92 Å². The highest BCUT2D eigenvalue weighted by Crippen LogP contribution is 2.29. The molecule has 20 heavy (non-hydrogen) atoms. The maximum atomic E-state index is 13.9. The fourth-order valence-corrected chi connectivity index (χ4v) is 4.38. The molecule has 1 aliphatic rings. The van der Waals surface area contributed by atoms with E-state index < -0.39 is 15.8 Å². The van der Waals surface area contributed by atoms with Crippen molar-refractivity contribution in [3.05, 3.63) is 29.0 Å². The SMILES string of the molecule is CC1CCC(CO)CN1S(=O)(=O)c1ccc(Cl)cc1F. The molecule has 1 saturated heterocycles. The van der Waals surface area contributed by atoms with Gasteiger partial charge in [0.05, 0.1) is 0 Å². The Morgan fingerprint density at radius 3 is 2.75 bits per heavy atom. The molecule has 1 aromatic carbocycles. The molecule has 0 spiro atoms. The zero-order valence-corrected chi connectivity index (χ0v) is 12.7. The predicted molar refractivity (Wildman–Crippen MR) is 74.6 cm³/mol. The van der Waals surface area contributed by atoms with Gasteiger partial charge in [-0.25, -0.2) is 12.8 Å². The van der Waals surface area contributed by atoms with Gasteiger partial charge in [0.2, 0.25) is 10.0 Å². The lowest BCUT2D eigenvalue weighted by Crippen LogP contribution is -2.46. The fourth-order valence-electron chi connectivity index (χ4n) is 2.44. The summed E-state index contributed by atoms with van der Waals surface area (Å²) in [6, 6.07) is 3.32. The van der Waals surface area contributed by atoms with Gasteiger partial charge < -0.3 is 5.11 Å². The van der Waals surface area contributed by atoms with Crippen LogP contribution in [0.4, 0.5) is 4.39 Å². The lowest BCUT2D eigenvalue weighted by atomic mass is 9.96. The number of aliphatic hydroxyl groups is 1. The second kappa shape index (κ2) is 5.97. The van der Waals surface area contributed by atoms with Crippen LogP contribution in [0.25, 0.3) is 0 Å². The van der Waals surface area contributed by atoms with Gasteiger partial charge >= 0.3 is 0 Å². The number of sulfonamides is 1. The molecular weight excluding hydrogens is 305 g/mol. The van der Waals surface area contributed by atoms with Gasteiger partial charge in [0.25, 0.3) is 0 Å². The number of benzene rings is 1. The third kappa shape index (κ3) is 2.98. The summed E-state index contributed by atoms with van der Waals surface area (Å²) in [6.45, 7) is 1.93. The van der Waals surface area contributed by atoms with E-state index >= 15 is 0 Å². The molecule has 1 aliphatic heterocycles. The molecule has 0 bridgehead atoms. The van der Waals surface area contributed by atoms with Crippen LogP contribution in [0, 0.1) is 11.7 Å². The van der Waals surface area contributed by atoms with Crippen molar-refractivity contribution < 1.29 is 17.9 Å². The topological polar surface area (TPSA) is 57.6 Å². The molecule has 112 valence electrons. The van der Waals surface area contributed by atoms with Crippen LogP contribution in [0.15, 0.2) is 23.1 Å². The molecule has 2 atom stereocenters. The maximum absolute atomic E-state index is 13.9. The minimum absolute atomic E-state index is 0.0676. The van der Waals surface area contributed by atoms with Crippen LogP contribution in [-0.4, -0.2) is 37.0 Å². The number of piperidine rings is 1. The number of rotatable bonds is 3. The van der Waals surface area contributed by atoms with Crippen LogP contribution in [-0.2, 0) is 10.0 Å². The third-order valence-electron chi connectivity index (χ3n) is 3.66. The van der Waals surface area contributed by atoms with E-state index in [1.54, 1.807) is 6.92 Å². The molecule has 0 radical (unpaired) electrons. The van der Waals surface area contributed by atoms with E-state index in [9.17, 15) is 17.9 Å². The molecule has 4 nitrogen and oxygen atoms in total. The van der Waals surface area contributed by atoms with Gasteiger partial charge in [-0.2, -0.15) is 4.31 Å². The molecule has 2 rings (SSSR count). The Hall–Kier alpha value is -0.690. The van der Waals surface area contributed by atoms with E-state index in [0.29, 0.717) is 6.42 Å². The van der Waals surface area contributed by atoms with Crippen LogP contribution in [0.3, 0.4) is 0 Å². The fraction of sp³-hybridized carbons (Fsp3) is 0.538. The van der Waals surface area contributed by atoms with Crippen LogP contribution >= 0.6 is 11.6 Å². The number of halogens is 2. The smallest absolute Gasteiger partial charge is 0.246 e. The molecule has 0 aliphatic carbocycles. The predicted octanol–water partition coefficient (Wildman–Crippen LogP) is 2.26. The summed E-state index contributed by atoms with van der Waals surface area (Å²) in [5.74, 6) is -0.952. The molecule has 1 aromatic rings. The molecule has 0 saturated carbocycles. The number of hydrogen-bond donors (Lipinski definition) is 1. The summed E-state index contributed by atoms with van der Waals surface area (Å²) in [6.07, 6.45) is 1.42. The highest BCUT2D eigenvalue weighted by Gasteiger charge is 2.36. The number of hydrogen-bond acceptors (Lipinski definition) is 3. The average Bonchev–Trinajstić information content (AvgIpc) is 2.38. The van der Waals surface area contributed by atoms with Crippen LogP contribution in [0.2, 0.25) is 5.02 Å². The Kier molecular flexibility index (Phi) is 4.69. The van der Waals surface area contributed by atoms with E-state index in [-0.39, 0.29) is 35.0 Å². The molecule has 0 amide bonds. The summed E-state index contributed by atoms with van der Waals surface area (Å²) in [4.78, 5) is -0.368. The van der Waals surface area contributed by atoms with E-state index in [1.165, 1.54) is 16.4 Å². The normalized spacial score (nSPS) is 24.8. The lowest BCUT2D eigenvalue weighted by Gasteiger charge is -2.36. The molecule has 2 unspecified atom stereocenters. The summed E-state index contributed by atoms with van der Waals surface area (Å²) in [5.41, 5.74) is 0. The van der Waals surface area contributed by atoms with Crippen LogP contribution in [0.5, 0.6) is 0 Å². The highest BCUT2D eigenvalue weighted by atomic mass is 35.5. The molecule has 0 aromatic heterocycles. The van der Waals surface area contributed by atoms with E-state index in [2.05, 4.69) is 0 Å². The van der Waals surface area contributed by atoms with Gasteiger partial charge in [0.1, 0.15) is 10.7 Å². The van der Waals surface area contributed by atoms with Gasteiger partial charge in [-0.3, -0.25) is 0 Å². The minimum atomic E-state index is -3.91. The number of nitrogens with zero attached hydrogens (tertiary/aromatic N) is 1. The van der Waals surface area contributed by atoms with Crippen molar-refractivity contribution >= 4 is 21.6 Å². The van der Waals surface area contributed by atoms with Gasteiger partial charge in [-0.05, 0) is 43.9 Å². The first-order valence-corrected chi connectivity index (χ1v) is 8.26. The van der Waals surface area contributed by atoms with Gasteiger partial charge in [-0.1, -0.05) is 11.6 Å². The molecule has 7 heteroatoms. The minimum Gasteiger partial charge on any atom is -0.396 e. The highest BCUT2D eigenvalue weighted by molar-refractivity contribution is 7.89. The van der Waals surface area contributed by atoms with Gasteiger partial charge in [0, 0.05) is 24.2 Å². The Balaban J connectivity index is 2.38. The molecule has 1 N–H and O–H groups in total. The van der Waals surface area contributed by atoms with E-state index in [1.807, 2.05) is 0 Å². The van der Waals surface area contributed by atoms with Crippen molar-refractivity contribution in [3.8, 4) is 0 Å². The summed E-state index contributed by atoms with van der Waals surface area (Å²) >= 11 is 5.65. The monoisotopic (exact) mass is 321 g/mol. The summed E-state index contributed by atoms with van der Waals surface area (Å²) in [5, 5.41) is 9.36.